The van der Waals surface area contributed by atoms with Gasteiger partial charge in [0.15, 0.2) is 6.61 Å². The molecule has 0 atom stereocenters. The molecular weight excluding hydrogens is 342 g/mol. The molecule has 2 aromatic carbocycles. The largest absolute Gasteiger partial charge is 0.496 e. The van der Waals surface area contributed by atoms with Crippen molar-refractivity contribution in [2.24, 2.45) is 0 Å². The number of esters is 1. The van der Waals surface area contributed by atoms with Crippen molar-refractivity contribution in [1.82, 2.24) is 10.1 Å². The van der Waals surface area contributed by atoms with Crippen molar-refractivity contribution >= 4 is 11.7 Å². The average molecular weight is 355 g/mol. The van der Waals surface area contributed by atoms with Gasteiger partial charge < -0.3 is 14.0 Å². The summed E-state index contributed by atoms with van der Waals surface area (Å²) in [5, 5.41) is 14.7. The standard InChI is InChI=1S/C17H13N3O6/c1-24-14-8-7-12(20(22)23)9-13(14)17(21)25-10-15-18-16(19-26-15)11-5-3-2-4-6-11/h2-9H,10H2,1H3. The zero-order valence-corrected chi connectivity index (χ0v) is 13.6. The van der Waals surface area contributed by atoms with Crippen LogP contribution >= 0.6 is 0 Å². The van der Waals surface area contributed by atoms with Crippen LogP contribution in [0.25, 0.3) is 11.4 Å². The monoisotopic (exact) mass is 355 g/mol. The summed E-state index contributed by atoms with van der Waals surface area (Å²) in [4.78, 5) is 26.6. The average Bonchev–Trinajstić information content (AvgIpc) is 3.15. The summed E-state index contributed by atoms with van der Waals surface area (Å²) in [6.07, 6.45) is 0. The van der Waals surface area contributed by atoms with Gasteiger partial charge in [0.25, 0.3) is 11.6 Å². The Bertz CT molecular complexity index is 939. The van der Waals surface area contributed by atoms with E-state index in [1.54, 1.807) is 0 Å². The van der Waals surface area contributed by atoms with Gasteiger partial charge in [-0.15, -0.1) is 0 Å². The third-order valence-electron chi connectivity index (χ3n) is 3.44. The topological polar surface area (TPSA) is 118 Å². The van der Waals surface area contributed by atoms with Gasteiger partial charge in [-0.05, 0) is 6.07 Å². The molecule has 9 nitrogen and oxygen atoms in total. The highest BCUT2D eigenvalue weighted by atomic mass is 16.6. The zero-order valence-electron chi connectivity index (χ0n) is 13.6. The van der Waals surface area contributed by atoms with Gasteiger partial charge in [0.05, 0.1) is 12.0 Å². The molecule has 0 N–H and O–H groups in total. The van der Waals surface area contributed by atoms with E-state index in [9.17, 15) is 14.9 Å². The van der Waals surface area contributed by atoms with Crippen LogP contribution in [0.1, 0.15) is 16.2 Å². The number of aromatic nitrogens is 2. The van der Waals surface area contributed by atoms with E-state index in [0.29, 0.717) is 5.82 Å². The summed E-state index contributed by atoms with van der Waals surface area (Å²) in [7, 11) is 1.35. The van der Waals surface area contributed by atoms with Crippen LogP contribution in [0, 0.1) is 10.1 Å². The minimum Gasteiger partial charge on any atom is -0.496 e. The van der Waals surface area contributed by atoms with Crippen molar-refractivity contribution < 1.29 is 23.7 Å². The maximum Gasteiger partial charge on any atom is 0.342 e. The fourth-order valence-electron chi connectivity index (χ4n) is 2.19. The fraction of sp³-hybridized carbons (Fsp3) is 0.118. The number of nitrogens with zero attached hydrogens (tertiary/aromatic N) is 3. The van der Waals surface area contributed by atoms with Crippen LogP contribution in [0.4, 0.5) is 5.69 Å². The molecule has 1 aromatic heterocycles. The van der Waals surface area contributed by atoms with Crippen molar-refractivity contribution in [3.63, 3.8) is 0 Å². The van der Waals surface area contributed by atoms with Gasteiger partial charge in [0, 0.05) is 17.7 Å². The van der Waals surface area contributed by atoms with Crippen LogP contribution in [0.3, 0.4) is 0 Å². The Balaban J connectivity index is 1.72. The first kappa shape index (κ1) is 17.1. The first-order valence-electron chi connectivity index (χ1n) is 7.46. The first-order chi connectivity index (χ1) is 12.6. The molecule has 0 saturated heterocycles. The van der Waals surface area contributed by atoms with Crippen molar-refractivity contribution in [2.45, 2.75) is 6.61 Å². The molecular formula is C17H13N3O6. The van der Waals surface area contributed by atoms with Crippen LogP contribution < -0.4 is 4.74 Å². The van der Waals surface area contributed by atoms with Crippen LogP contribution in [0.15, 0.2) is 53.1 Å². The Morgan fingerprint density at radius 3 is 2.69 bits per heavy atom. The molecule has 0 spiro atoms. The van der Waals surface area contributed by atoms with Crippen LogP contribution in [0.2, 0.25) is 0 Å². The lowest BCUT2D eigenvalue weighted by Gasteiger charge is -2.07. The lowest BCUT2D eigenvalue weighted by Crippen LogP contribution is -2.08. The Morgan fingerprint density at radius 1 is 1.23 bits per heavy atom. The van der Waals surface area contributed by atoms with Crippen molar-refractivity contribution in [3.05, 3.63) is 70.1 Å². The Hall–Kier alpha value is -3.75. The molecule has 0 fully saturated rings. The van der Waals surface area contributed by atoms with E-state index in [-0.39, 0.29) is 29.5 Å². The van der Waals surface area contributed by atoms with E-state index in [2.05, 4.69) is 10.1 Å². The SMILES string of the molecule is COc1ccc([N+](=O)[O-])cc1C(=O)OCc1nc(-c2ccccc2)no1. The summed E-state index contributed by atoms with van der Waals surface area (Å²) in [6, 6.07) is 12.8. The van der Waals surface area contributed by atoms with Gasteiger partial charge in [0.2, 0.25) is 5.82 Å². The molecule has 0 aliphatic carbocycles. The number of benzene rings is 2. The van der Waals surface area contributed by atoms with Crippen LogP contribution in [0.5, 0.6) is 5.75 Å². The highest BCUT2D eigenvalue weighted by Gasteiger charge is 2.20. The first-order valence-corrected chi connectivity index (χ1v) is 7.46. The molecule has 9 heteroatoms. The van der Waals surface area contributed by atoms with Gasteiger partial charge in [-0.25, -0.2) is 4.79 Å². The minimum atomic E-state index is -0.801. The van der Waals surface area contributed by atoms with Crippen LogP contribution in [-0.4, -0.2) is 28.1 Å². The number of carbonyl (C=O) groups excluding carboxylic acids is 1. The maximum absolute atomic E-state index is 12.2. The van der Waals surface area contributed by atoms with E-state index in [0.717, 1.165) is 11.6 Å². The van der Waals surface area contributed by atoms with Gasteiger partial charge in [-0.1, -0.05) is 35.5 Å². The number of carbonyl (C=O) groups is 1. The zero-order chi connectivity index (χ0) is 18.5. The van der Waals surface area contributed by atoms with Gasteiger partial charge in [-0.2, -0.15) is 4.98 Å². The molecule has 0 bridgehead atoms. The van der Waals surface area contributed by atoms with Gasteiger partial charge in [-0.3, -0.25) is 10.1 Å². The molecule has 3 aromatic rings. The summed E-state index contributed by atoms with van der Waals surface area (Å²) < 4.78 is 15.2. The Kier molecular flexibility index (Phi) is 4.88. The summed E-state index contributed by atoms with van der Waals surface area (Å²) in [5.74, 6) is -0.174. The van der Waals surface area contributed by atoms with E-state index < -0.39 is 10.9 Å². The second-order valence-electron chi connectivity index (χ2n) is 5.10. The molecule has 0 aliphatic heterocycles. The number of hydrogen-bond acceptors (Lipinski definition) is 8. The molecule has 0 unspecified atom stereocenters. The Labute approximate surface area is 147 Å². The van der Waals surface area contributed by atoms with Crippen molar-refractivity contribution in [3.8, 4) is 17.1 Å². The summed E-state index contributed by atoms with van der Waals surface area (Å²) in [5.41, 5.74) is 0.445. The second-order valence-corrected chi connectivity index (χ2v) is 5.10. The van der Waals surface area contributed by atoms with E-state index in [1.807, 2.05) is 30.3 Å². The number of ether oxygens (including phenoxy) is 2. The van der Waals surface area contributed by atoms with Gasteiger partial charge in [0.1, 0.15) is 11.3 Å². The highest BCUT2D eigenvalue weighted by Crippen LogP contribution is 2.25. The number of non-ortho nitro benzene ring substituents is 1. The molecule has 0 radical (unpaired) electrons. The van der Waals surface area contributed by atoms with Crippen molar-refractivity contribution in [2.75, 3.05) is 7.11 Å². The lowest BCUT2D eigenvalue weighted by molar-refractivity contribution is -0.384. The molecule has 0 aliphatic rings. The van der Waals surface area contributed by atoms with Crippen molar-refractivity contribution in [1.29, 1.82) is 0 Å². The van der Waals surface area contributed by atoms with Crippen LogP contribution in [-0.2, 0) is 11.3 Å². The quantitative estimate of drug-likeness (QED) is 0.376. The van der Waals surface area contributed by atoms with E-state index in [1.165, 1.54) is 19.2 Å². The molecule has 0 amide bonds. The number of nitro benzene ring substituents is 1. The molecule has 3 rings (SSSR count). The summed E-state index contributed by atoms with van der Waals surface area (Å²) >= 11 is 0. The lowest BCUT2D eigenvalue weighted by atomic mass is 10.2. The third-order valence-corrected chi connectivity index (χ3v) is 3.44. The minimum absolute atomic E-state index is 0.0653. The molecule has 1 heterocycles. The number of hydrogen-bond donors (Lipinski definition) is 0. The van der Waals surface area contributed by atoms with E-state index >= 15 is 0 Å². The third kappa shape index (κ3) is 3.66. The normalized spacial score (nSPS) is 10.3. The Morgan fingerprint density at radius 2 is 2.00 bits per heavy atom. The molecule has 132 valence electrons. The summed E-state index contributed by atoms with van der Waals surface area (Å²) in [6.45, 7) is -0.273. The number of rotatable bonds is 6. The number of nitro groups is 1. The van der Waals surface area contributed by atoms with E-state index in [4.69, 9.17) is 14.0 Å². The maximum atomic E-state index is 12.2. The molecule has 26 heavy (non-hydrogen) atoms. The smallest absolute Gasteiger partial charge is 0.342 e. The second kappa shape index (κ2) is 7.43. The number of methoxy groups -OCH3 is 1. The predicted molar refractivity (Wildman–Crippen MR) is 88.5 cm³/mol. The molecule has 0 saturated carbocycles. The predicted octanol–water partition coefficient (Wildman–Crippen LogP) is 3.01. The highest BCUT2D eigenvalue weighted by molar-refractivity contribution is 5.93. The van der Waals surface area contributed by atoms with Gasteiger partial charge >= 0.3 is 5.97 Å². The fourth-order valence-corrected chi connectivity index (χ4v) is 2.19.